The summed E-state index contributed by atoms with van der Waals surface area (Å²) in [6.45, 7) is 8.10. The molecule has 0 spiro atoms. The van der Waals surface area contributed by atoms with E-state index < -0.39 is 28.9 Å². The number of pyridine rings is 1. The van der Waals surface area contributed by atoms with Crippen LogP contribution >= 0.6 is 11.3 Å². The fourth-order valence-corrected chi connectivity index (χ4v) is 6.00. The second-order valence-corrected chi connectivity index (χ2v) is 11.9. The highest BCUT2D eigenvalue weighted by Crippen LogP contribution is 2.47. The number of likely N-dealkylation sites (N-methyl/N-ethyl adjacent to an activating group) is 1. The van der Waals surface area contributed by atoms with Crippen LogP contribution in [0.3, 0.4) is 0 Å². The van der Waals surface area contributed by atoms with Gasteiger partial charge in [0.1, 0.15) is 17.0 Å². The van der Waals surface area contributed by atoms with Gasteiger partial charge in [-0.3, -0.25) is 19.5 Å². The number of carbonyl (C=O) groups excluding carboxylic acids is 2. The number of carbonyl (C=O) groups is 2. The molecule has 8 nitrogen and oxygen atoms in total. The van der Waals surface area contributed by atoms with E-state index in [2.05, 4.69) is 44.2 Å². The highest BCUT2D eigenvalue weighted by molar-refractivity contribution is 7.19. The topological polar surface area (TPSA) is 86.8 Å². The maximum Gasteiger partial charge on any atom is 0.240 e. The Morgan fingerprint density at radius 1 is 0.932 bits per heavy atom. The lowest BCUT2D eigenvalue weighted by atomic mass is 10.0. The molecule has 4 aromatic rings. The summed E-state index contributed by atoms with van der Waals surface area (Å²) >= 11 is 1.44. The molecule has 1 saturated carbocycles. The molecule has 1 saturated heterocycles. The number of halogens is 2. The number of rotatable bonds is 8. The summed E-state index contributed by atoms with van der Waals surface area (Å²) in [5.41, 5.74) is 0.0443. The molecule has 0 radical (unpaired) electrons. The second kappa shape index (κ2) is 12.7. The Labute approximate surface area is 258 Å². The van der Waals surface area contributed by atoms with Gasteiger partial charge in [0.05, 0.1) is 21.6 Å². The summed E-state index contributed by atoms with van der Waals surface area (Å²) in [5.74, 6) is 4.82. The Balaban J connectivity index is 1.09. The molecule has 2 aromatic heterocycles. The lowest BCUT2D eigenvalue weighted by Crippen LogP contribution is -2.46. The van der Waals surface area contributed by atoms with E-state index in [0.29, 0.717) is 36.3 Å². The molecule has 226 valence electrons. The Bertz CT molecular complexity index is 1750. The molecule has 2 aliphatic rings. The number of benzene rings is 2. The summed E-state index contributed by atoms with van der Waals surface area (Å²) in [4.78, 5) is 35.9. The number of nitrogens with zero attached hydrogens (tertiary/aromatic N) is 3. The maximum absolute atomic E-state index is 15.1. The van der Waals surface area contributed by atoms with Gasteiger partial charge in [-0.05, 0) is 61.9 Å². The molecular weight excluding hydrogens is 584 g/mol. The van der Waals surface area contributed by atoms with Crippen LogP contribution in [0.1, 0.15) is 24.6 Å². The molecule has 2 fully saturated rings. The number of amides is 2. The standard InChI is InChI=1S/C33H31F2N5O3S/c1-2-39-16-18-40(19-17-39)15-3-4-25-21-27-30(44-25)29(11-14-36-27)43-28-10-9-24(20-26(28)35)38-32(42)33(12-13-33)31(41)37-23-7-5-22(34)6-8-23/h5-11,14,20-21H,2,12-13,15-19H2,1H3,(H,37,41)(H,38,42). The van der Waals surface area contributed by atoms with E-state index in [4.69, 9.17) is 4.74 Å². The highest BCUT2D eigenvalue weighted by Gasteiger charge is 2.56. The molecule has 6 rings (SSSR count). The molecule has 0 bridgehead atoms. The van der Waals surface area contributed by atoms with E-state index in [1.807, 2.05) is 6.07 Å². The first-order valence-corrected chi connectivity index (χ1v) is 15.3. The quantitative estimate of drug-likeness (QED) is 0.195. The number of hydrogen-bond acceptors (Lipinski definition) is 7. The fourth-order valence-electron chi connectivity index (χ4n) is 5.06. The van der Waals surface area contributed by atoms with Gasteiger partial charge in [0.2, 0.25) is 11.8 Å². The number of piperazine rings is 1. The summed E-state index contributed by atoms with van der Waals surface area (Å²) < 4.78 is 35.0. The third kappa shape index (κ3) is 6.58. The van der Waals surface area contributed by atoms with Crippen LogP contribution in [0, 0.1) is 28.9 Å². The number of nitrogens with one attached hydrogen (secondary N) is 2. The van der Waals surface area contributed by atoms with Crippen LogP contribution in [0.25, 0.3) is 10.2 Å². The minimum atomic E-state index is -1.26. The van der Waals surface area contributed by atoms with E-state index in [0.717, 1.165) is 48.4 Å². The SMILES string of the molecule is CCN1CCN(CC#Cc2cc3nccc(Oc4ccc(NC(=O)C5(C(=O)Nc6ccc(F)cc6)CC5)cc4F)c3s2)CC1. The van der Waals surface area contributed by atoms with Crippen molar-refractivity contribution in [3.8, 4) is 23.3 Å². The molecule has 0 unspecified atom stereocenters. The van der Waals surface area contributed by atoms with Crippen LogP contribution in [0.2, 0.25) is 0 Å². The molecule has 3 heterocycles. The van der Waals surface area contributed by atoms with Crippen molar-refractivity contribution in [2.75, 3.05) is 49.9 Å². The van der Waals surface area contributed by atoms with Crippen molar-refractivity contribution in [3.05, 3.63) is 77.3 Å². The fraction of sp³-hybridized carbons (Fsp3) is 0.303. The summed E-state index contributed by atoms with van der Waals surface area (Å²) in [7, 11) is 0. The lowest BCUT2D eigenvalue weighted by Gasteiger charge is -2.32. The third-order valence-corrected chi connectivity index (χ3v) is 8.99. The summed E-state index contributed by atoms with van der Waals surface area (Å²) in [6.07, 6.45) is 2.32. The maximum atomic E-state index is 15.1. The van der Waals surface area contributed by atoms with Gasteiger partial charge in [0, 0.05) is 55.9 Å². The van der Waals surface area contributed by atoms with Gasteiger partial charge in [-0.25, -0.2) is 8.78 Å². The van der Waals surface area contributed by atoms with Crippen molar-refractivity contribution in [1.82, 2.24) is 14.8 Å². The van der Waals surface area contributed by atoms with Crippen LogP contribution in [0.4, 0.5) is 20.2 Å². The van der Waals surface area contributed by atoms with E-state index in [-0.39, 0.29) is 11.4 Å². The van der Waals surface area contributed by atoms with Gasteiger partial charge in [-0.1, -0.05) is 18.8 Å². The lowest BCUT2D eigenvalue weighted by molar-refractivity contribution is -0.131. The zero-order valence-electron chi connectivity index (χ0n) is 24.2. The molecule has 1 aliphatic heterocycles. The predicted octanol–water partition coefficient (Wildman–Crippen LogP) is 5.71. The van der Waals surface area contributed by atoms with Gasteiger partial charge in [-0.2, -0.15) is 0 Å². The number of fused-ring (bicyclic) bond motifs is 1. The minimum absolute atomic E-state index is 0.0158. The van der Waals surface area contributed by atoms with Gasteiger partial charge in [0.25, 0.3) is 0 Å². The Morgan fingerprint density at radius 3 is 2.30 bits per heavy atom. The zero-order valence-corrected chi connectivity index (χ0v) is 25.0. The van der Waals surface area contributed by atoms with E-state index >= 15 is 4.39 Å². The predicted molar refractivity (Wildman–Crippen MR) is 167 cm³/mol. The molecular formula is C33H31F2N5O3S. The van der Waals surface area contributed by atoms with Gasteiger partial charge in [0.15, 0.2) is 11.6 Å². The molecule has 1 aliphatic carbocycles. The molecule has 11 heteroatoms. The van der Waals surface area contributed by atoms with Gasteiger partial charge in [-0.15, -0.1) is 11.3 Å². The number of anilines is 2. The first-order chi connectivity index (χ1) is 21.3. The van der Waals surface area contributed by atoms with Crippen molar-refractivity contribution in [1.29, 1.82) is 0 Å². The molecule has 44 heavy (non-hydrogen) atoms. The number of aromatic nitrogens is 1. The van der Waals surface area contributed by atoms with Crippen LogP contribution in [0.15, 0.2) is 60.8 Å². The Hall–Kier alpha value is -4.37. The van der Waals surface area contributed by atoms with Crippen LogP contribution in [-0.4, -0.2) is 65.9 Å². The van der Waals surface area contributed by atoms with Crippen molar-refractivity contribution in [3.63, 3.8) is 0 Å². The van der Waals surface area contributed by atoms with Crippen LogP contribution < -0.4 is 15.4 Å². The molecule has 2 amide bonds. The minimum Gasteiger partial charge on any atom is -0.453 e. The first-order valence-electron chi connectivity index (χ1n) is 14.5. The Morgan fingerprint density at radius 2 is 1.61 bits per heavy atom. The van der Waals surface area contributed by atoms with Crippen LogP contribution in [0.5, 0.6) is 11.5 Å². The number of ether oxygens (including phenoxy) is 1. The average Bonchev–Trinajstić information content (AvgIpc) is 3.74. The monoisotopic (exact) mass is 615 g/mol. The largest absolute Gasteiger partial charge is 0.453 e. The van der Waals surface area contributed by atoms with Crippen molar-refractivity contribution < 1.29 is 23.1 Å². The molecule has 0 atom stereocenters. The van der Waals surface area contributed by atoms with Crippen molar-refractivity contribution >= 4 is 44.7 Å². The van der Waals surface area contributed by atoms with E-state index in [1.165, 1.54) is 47.7 Å². The summed E-state index contributed by atoms with van der Waals surface area (Å²) in [6, 6.07) is 13.0. The van der Waals surface area contributed by atoms with Crippen LogP contribution in [-0.2, 0) is 9.59 Å². The second-order valence-electron chi connectivity index (χ2n) is 10.9. The highest BCUT2D eigenvalue weighted by atomic mass is 32.1. The van der Waals surface area contributed by atoms with Gasteiger partial charge >= 0.3 is 0 Å². The normalized spacial score (nSPS) is 16.2. The zero-order chi connectivity index (χ0) is 30.7. The van der Waals surface area contributed by atoms with E-state index in [1.54, 1.807) is 12.3 Å². The third-order valence-electron chi connectivity index (χ3n) is 7.93. The van der Waals surface area contributed by atoms with Crippen molar-refractivity contribution in [2.24, 2.45) is 5.41 Å². The smallest absolute Gasteiger partial charge is 0.240 e. The number of hydrogen-bond donors (Lipinski definition) is 2. The molecule has 2 N–H and O–H groups in total. The van der Waals surface area contributed by atoms with Gasteiger partial charge < -0.3 is 20.3 Å². The molecule has 2 aromatic carbocycles. The first kappa shape index (κ1) is 29.7. The average molecular weight is 616 g/mol. The Kier molecular flexibility index (Phi) is 8.57. The summed E-state index contributed by atoms with van der Waals surface area (Å²) in [5, 5.41) is 5.30. The van der Waals surface area contributed by atoms with Crippen molar-refractivity contribution in [2.45, 2.75) is 19.8 Å². The van der Waals surface area contributed by atoms with E-state index in [9.17, 15) is 14.0 Å². The number of thiophene rings is 1.